The Morgan fingerprint density at radius 3 is 2.56 bits per heavy atom. The zero-order chi connectivity index (χ0) is 13.1. The molecule has 6 heteroatoms. The quantitative estimate of drug-likeness (QED) is 0.874. The molecule has 1 saturated heterocycles. The highest BCUT2D eigenvalue weighted by molar-refractivity contribution is 5.95. The van der Waals surface area contributed by atoms with Gasteiger partial charge in [-0.2, -0.15) is 9.97 Å². The molecule has 0 bridgehead atoms. The van der Waals surface area contributed by atoms with E-state index in [1.54, 1.807) is 0 Å². The summed E-state index contributed by atoms with van der Waals surface area (Å²) in [6, 6.07) is 0.306. The average molecular weight is 251 g/mol. The maximum Gasteiger partial charge on any atom is 0.316 e. The highest BCUT2D eigenvalue weighted by Gasteiger charge is 2.24. The van der Waals surface area contributed by atoms with Crippen LogP contribution in [0, 0.1) is 13.8 Å². The molecule has 6 nitrogen and oxygen atoms in total. The van der Waals surface area contributed by atoms with Gasteiger partial charge in [0.15, 0.2) is 0 Å². The molecule has 1 fully saturated rings. The lowest BCUT2D eigenvalue weighted by atomic mass is 10.2. The summed E-state index contributed by atoms with van der Waals surface area (Å²) in [5.74, 6) is -0.132. The van der Waals surface area contributed by atoms with Crippen LogP contribution in [0.4, 0.5) is 5.69 Å². The predicted molar refractivity (Wildman–Crippen MR) is 65.7 cm³/mol. The fourth-order valence-electron chi connectivity index (χ4n) is 1.95. The summed E-state index contributed by atoms with van der Waals surface area (Å²) in [4.78, 5) is 20.2. The van der Waals surface area contributed by atoms with Crippen LogP contribution in [0.3, 0.4) is 0 Å². The van der Waals surface area contributed by atoms with Gasteiger partial charge in [-0.25, -0.2) is 0 Å². The molecule has 2 rings (SSSR count). The SMILES string of the molecule is COc1nc(C)c(NC(=O)C2CCCO2)c(C)n1. The number of nitrogens with one attached hydrogen (secondary N) is 1. The van der Waals surface area contributed by atoms with Crippen molar-refractivity contribution in [3.8, 4) is 6.01 Å². The van der Waals surface area contributed by atoms with Gasteiger partial charge in [-0.05, 0) is 26.7 Å². The molecule has 1 aliphatic rings. The van der Waals surface area contributed by atoms with Crippen LogP contribution in [-0.2, 0) is 9.53 Å². The topological polar surface area (TPSA) is 73.3 Å². The Morgan fingerprint density at radius 2 is 2.06 bits per heavy atom. The highest BCUT2D eigenvalue weighted by Crippen LogP contribution is 2.21. The molecule has 1 aromatic rings. The second-order valence-electron chi connectivity index (χ2n) is 4.25. The number of amides is 1. The van der Waals surface area contributed by atoms with Crippen LogP contribution < -0.4 is 10.1 Å². The van der Waals surface area contributed by atoms with Gasteiger partial charge in [0.1, 0.15) is 6.10 Å². The van der Waals surface area contributed by atoms with Crippen molar-refractivity contribution >= 4 is 11.6 Å². The highest BCUT2D eigenvalue weighted by atomic mass is 16.5. The molecule has 1 aliphatic heterocycles. The number of aromatic nitrogens is 2. The molecule has 1 amide bonds. The molecule has 1 N–H and O–H groups in total. The van der Waals surface area contributed by atoms with E-state index in [0.717, 1.165) is 12.8 Å². The molecule has 0 aliphatic carbocycles. The average Bonchev–Trinajstić information content (AvgIpc) is 2.87. The van der Waals surface area contributed by atoms with E-state index in [2.05, 4.69) is 15.3 Å². The van der Waals surface area contributed by atoms with Gasteiger partial charge >= 0.3 is 6.01 Å². The molecule has 1 atom stereocenters. The van der Waals surface area contributed by atoms with Crippen molar-refractivity contribution in [1.29, 1.82) is 0 Å². The first-order chi connectivity index (χ1) is 8.61. The fraction of sp³-hybridized carbons (Fsp3) is 0.583. The molecule has 1 aromatic heterocycles. The van der Waals surface area contributed by atoms with Crippen molar-refractivity contribution in [3.63, 3.8) is 0 Å². The number of rotatable bonds is 3. The minimum atomic E-state index is -0.356. The first-order valence-electron chi connectivity index (χ1n) is 5.93. The summed E-state index contributed by atoms with van der Waals surface area (Å²) in [5, 5.41) is 2.83. The molecule has 0 radical (unpaired) electrons. The molecule has 1 unspecified atom stereocenters. The number of carbonyl (C=O) groups excluding carboxylic acids is 1. The number of hydrogen-bond acceptors (Lipinski definition) is 5. The standard InChI is InChI=1S/C12H17N3O3/c1-7-10(8(2)14-12(13-7)17-3)15-11(16)9-5-4-6-18-9/h9H,4-6H2,1-3H3,(H,15,16). The molecular formula is C12H17N3O3. The minimum absolute atomic E-state index is 0.132. The number of hydrogen-bond donors (Lipinski definition) is 1. The van der Waals surface area contributed by atoms with Crippen LogP contribution in [0.2, 0.25) is 0 Å². The number of anilines is 1. The summed E-state index contributed by atoms with van der Waals surface area (Å²) in [6.45, 7) is 4.26. The van der Waals surface area contributed by atoms with E-state index < -0.39 is 0 Å². The van der Waals surface area contributed by atoms with Crippen molar-refractivity contribution in [3.05, 3.63) is 11.4 Å². The van der Waals surface area contributed by atoms with E-state index in [1.165, 1.54) is 7.11 Å². The van der Waals surface area contributed by atoms with Crippen LogP contribution in [0.15, 0.2) is 0 Å². The van der Waals surface area contributed by atoms with Gasteiger partial charge < -0.3 is 14.8 Å². The van der Waals surface area contributed by atoms with Crippen LogP contribution in [-0.4, -0.2) is 35.7 Å². The van der Waals surface area contributed by atoms with E-state index in [1.807, 2.05) is 13.8 Å². The summed E-state index contributed by atoms with van der Waals surface area (Å²) < 4.78 is 10.3. The monoisotopic (exact) mass is 251 g/mol. The molecule has 98 valence electrons. The normalized spacial score (nSPS) is 18.7. The first-order valence-corrected chi connectivity index (χ1v) is 5.93. The lowest BCUT2D eigenvalue weighted by Crippen LogP contribution is -2.28. The number of nitrogens with zero attached hydrogens (tertiary/aromatic N) is 2. The third kappa shape index (κ3) is 2.59. The van der Waals surface area contributed by atoms with Gasteiger partial charge in [0.2, 0.25) is 0 Å². The van der Waals surface area contributed by atoms with Gasteiger partial charge in [-0.1, -0.05) is 0 Å². The molecule has 0 saturated carbocycles. The van der Waals surface area contributed by atoms with Crippen LogP contribution in [0.25, 0.3) is 0 Å². The third-order valence-corrected chi connectivity index (χ3v) is 2.90. The first kappa shape index (κ1) is 12.8. The van der Waals surface area contributed by atoms with Crippen molar-refractivity contribution in [2.24, 2.45) is 0 Å². The van der Waals surface area contributed by atoms with Crippen molar-refractivity contribution in [2.45, 2.75) is 32.8 Å². The van der Waals surface area contributed by atoms with Crippen molar-refractivity contribution in [1.82, 2.24) is 9.97 Å². The number of carbonyl (C=O) groups is 1. The maximum absolute atomic E-state index is 12.0. The Morgan fingerprint density at radius 1 is 1.39 bits per heavy atom. The Balaban J connectivity index is 2.15. The zero-order valence-corrected chi connectivity index (χ0v) is 10.8. The van der Waals surface area contributed by atoms with Gasteiger partial charge in [0, 0.05) is 6.61 Å². The number of ether oxygens (including phenoxy) is 2. The largest absolute Gasteiger partial charge is 0.467 e. The summed E-state index contributed by atoms with van der Waals surface area (Å²) in [7, 11) is 1.51. The lowest BCUT2D eigenvalue weighted by Gasteiger charge is -2.14. The van der Waals surface area contributed by atoms with Crippen molar-refractivity contribution in [2.75, 3.05) is 19.0 Å². The van der Waals surface area contributed by atoms with E-state index in [4.69, 9.17) is 9.47 Å². The van der Waals surface area contributed by atoms with Gasteiger partial charge in [0.05, 0.1) is 24.2 Å². The lowest BCUT2D eigenvalue weighted by molar-refractivity contribution is -0.124. The Hall–Kier alpha value is -1.69. The summed E-state index contributed by atoms with van der Waals surface area (Å²) in [5.41, 5.74) is 2.01. The molecule has 0 aromatic carbocycles. The Kier molecular flexibility index (Phi) is 3.76. The third-order valence-electron chi connectivity index (χ3n) is 2.90. The van der Waals surface area contributed by atoms with Gasteiger partial charge in [-0.3, -0.25) is 4.79 Å². The van der Waals surface area contributed by atoms with E-state index in [-0.39, 0.29) is 12.0 Å². The second-order valence-corrected chi connectivity index (χ2v) is 4.25. The van der Waals surface area contributed by atoms with Crippen LogP contribution >= 0.6 is 0 Å². The maximum atomic E-state index is 12.0. The van der Waals surface area contributed by atoms with Crippen molar-refractivity contribution < 1.29 is 14.3 Å². The van der Waals surface area contributed by atoms with Crippen LogP contribution in [0.5, 0.6) is 6.01 Å². The second kappa shape index (κ2) is 5.30. The van der Waals surface area contributed by atoms with Gasteiger partial charge in [-0.15, -0.1) is 0 Å². The molecular weight excluding hydrogens is 234 g/mol. The van der Waals surface area contributed by atoms with Gasteiger partial charge in [0.25, 0.3) is 5.91 Å². The predicted octanol–water partition coefficient (Wildman–Crippen LogP) is 1.22. The Bertz CT molecular complexity index is 433. The molecule has 2 heterocycles. The number of aryl methyl sites for hydroxylation is 2. The molecule has 18 heavy (non-hydrogen) atoms. The smallest absolute Gasteiger partial charge is 0.316 e. The Labute approximate surface area is 106 Å². The summed E-state index contributed by atoms with van der Waals surface area (Å²) in [6.07, 6.45) is 1.33. The van der Waals surface area contributed by atoms with E-state index in [0.29, 0.717) is 29.7 Å². The minimum Gasteiger partial charge on any atom is -0.467 e. The fourth-order valence-corrected chi connectivity index (χ4v) is 1.95. The van der Waals surface area contributed by atoms with E-state index >= 15 is 0 Å². The van der Waals surface area contributed by atoms with E-state index in [9.17, 15) is 4.79 Å². The summed E-state index contributed by atoms with van der Waals surface area (Å²) >= 11 is 0. The zero-order valence-electron chi connectivity index (χ0n) is 10.8. The van der Waals surface area contributed by atoms with Crippen LogP contribution in [0.1, 0.15) is 24.2 Å². The molecule has 0 spiro atoms. The number of methoxy groups -OCH3 is 1.